The number of fused-ring (bicyclic) bond motifs is 3. The molecule has 0 fully saturated rings. The molecule has 0 spiro atoms. The minimum absolute atomic E-state index is 0.705. The Bertz CT molecular complexity index is 1560. The molecule has 0 aliphatic heterocycles. The minimum atomic E-state index is 0.705. The summed E-state index contributed by atoms with van der Waals surface area (Å²) in [5, 5.41) is 2.92. The minimum Gasteiger partial charge on any atom is -0.455 e. The molecule has 0 radical (unpaired) electrons. The molecule has 6 aromatic rings. The molecule has 1 aromatic heterocycles. The van der Waals surface area contributed by atoms with Gasteiger partial charge in [0.1, 0.15) is 11.2 Å². The van der Waals surface area contributed by atoms with E-state index in [1.54, 1.807) is 0 Å². The van der Waals surface area contributed by atoms with Crippen molar-refractivity contribution in [3.63, 3.8) is 0 Å². The van der Waals surface area contributed by atoms with Crippen LogP contribution in [0.5, 0.6) is 0 Å². The molecule has 2 heteroatoms. The molecule has 0 atom stereocenters. The Kier molecular flexibility index (Phi) is 4.56. The highest BCUT2D eigenvalue weighted by Crippen LogP contribution is 2.47. The molecule has 6 rings (SSSR count). The van der Waals surface area contributed by atoms with E-state index in [0.717, 1.165) is 44.2 Å². The Hall–Kier alpha value is -3.81. The first-order valence-electron chi connectivity index (χ1n) is 10.6. The van der Waals surface area contributed by atoms with Gasteiger partial charge in [0.15, 0.2) is 0 Å². The maximum atomic E-state index is 6.49. The van der Waals surface area contributed by atoms with Crippen LogP contribution in [0.1, 0.15) is 0 Å². The Balaban J connectivity index is 1.85. The number of hydrogen-bond acceptors (Lipinski definition) is 1. The van der Waals surface area contributed by atoms with Gasteiger partial charge in [-0.2, -0.15) is 0 Å². The number of para-hydroxylation sites is 1. The zero-order valence-electron chi connectivity index (χ0n) is 17.3. The fourth-order valence-electron chi connectivity index (χ4n) is 4.53. The third kappa shape index (κ3) is 3.10. The van der Waals surface area contributed by atoms with Gasteiger partial charge in [0, 0.05) is 26.9 Å². The molecule has 1 nitrogen and oxygen atoms in total. The lowest BCUT2D eigenvalue weighted by atomic mass is 9.86. The van der Waals surface area contributed by atoms with E-state index in [2.05, 4.69) is 78.9 Å². The van der Waals surface area contributed by atoms with Crippen molar-refractivity contribution in [1.29, 1.82) is 0 Å². The van der Waals surface area contributed by atoms with Gasteiger partial charge in [-0.25, -0.2) is 0 Å². The lowest BCUT2D eigenvalue weighted by molar-refractivity contribution is 0.670. The van der Waals surface area contributed by atoms with Gasteiger partial charge in [0.05, 0.1) is 0 Å². The van der Waals surface area contributed by atoms with Gasteiger partial charge < -0.3 is 4.42 Å². The summed E-state index contributed by atoms with van der Waals surface area (Å²) in [7, 11) is 0. The highest BCUT2D eigenvalue weighted by Gasteiger charge is 2.22. The summed E-state index contributed by atoms with van der Waals surface area (Å²) in [6, 6.07) is 39.6. The fourth-order valence-corrected chi connectivity index (χ4v) is 4.72. The molecule has 1 heterocycles. The number of rotatable bonds is 3. The Morgan fingerprint density at radius 1 is 0.500 bits per heavy atom. The summed E-state index contributed by atoms with van der Waals surface area (Å²) < 4.78 is 6.49. The van der Waals surface area contributed by atoms with Crippen LogP contribution < -0.4 is 0 Å². The number of furan rings is 1. The molecule has 0 aliphatic carbocycles. The van der Waals surface area contributed by atoms with Crippen LogP contribution in [-0.4, -0.2) is 0 Å². The lowest BCUT2D eigenvalue weighted by Gasteiger charge is -2.17. The quantitative estimate of drug-likeness (QED) is 0.272. The summed E-state index contributed by atoms with van der Waals surface area (Å²) in [4.78, 5) is 0. The van der Waals surface area contributed by atoms with Crippen molar-refractivity contribution in [3.05, 3.63) is 120 Å². The first-order chi connectivity index (χ1) is 15.8. The van der Waals surface area contributed by atoms with Crippen LogP contribution in [0.3, 0.4) is 0 Å². The standard InChI is InChI=1S/C30H19ClO/c31-23-15-9-14-22(18-23)29-28(21-12-5-2-6-13-21)25(20-10-3-1-4-11-20)19-26-24-16-7-8-17-27(24)32-30(26)29/h1-19H. The molecule has 5 aromatic carbocycles. The van der Waals surface area contributed by atoms with E-state index in [1.165, 1.54) is 11.1 Å². The molecule has 0 saturated heterocycles. The van der Waals surface area contributed by atoms with E-state index in [0.29, 0.717) is 5.02 Å². The summed E-state index contributed by atoms with van der Waals surface area (Å²) in [5.74, 6) is 0. The van der Waals surface area contributed by atoms with Crippen molar-refractivity contribution < 1.29 is 4.42 Å². The van der Waals surface area contributed by atoms with E-state index in [-0.39, 0.29) is 0 Å². The number of halogens is 1. The summed E-state index contributed by atoms with van der Waals surface area (Å²) in [5.41, 5.74) is 8.49. The molecule has 0 unspecified atom stereocenters. The Morgan fingerprint density at radius 2 is 1.16 bits per heavy atom. The monoisotopic (exact) mass is 430 g/mol. The predicted octanol–water partition coefficient (Wildman–Crippen LogP) is 9.24. The highest BCUT2D eigenvalue weighted by atomic mass is 35.5. The molecule has 32 heavy (non-hydrogen) atoms. The third-order valence-corrected chi connectivity index (χ3v) is 6.16. The van der Waals surface area contributed by atoms with E-state index < -0.39 is 0 Å². The maximum absolute atomic E-state index is 6.49. The van der Waals surface area contributed by atoms with Crippen molar-refractivity contribution in [3.8, 4) is 33.4 Å². The molecule has 0 N–H and O–H groups in total. The second-order valence-electron chi connectivity index (χ2n) is 7.89. The summed E-state index contributed by atoms with van der Waals surface area (Å²) in [6.45, 7) is 0. The molecule has 0 saturated carbocycles. The first-order valence-corrected chi connectivity index (χ1v) is 11.0. The highest BCUT2D eigenvalue weighted by molar-refractivity contribution is 6.31. The summed E-state index contributed by atoms with van der Waals surface area (Å²) >= 11 is 6.45. The third-order valence-electron chi connectivity index (χ3n) is 5.93. The Morgan fingerprint density at radius 3 is 1.91 bits per heavy atom. The van der Waals surface area contributed by atoms with Crippen molar-refractivity contribution in [2.45, 2.75) is 0 Å². The van der Waals surface area contributed by atoms with Crippen LogP contribution in [0.25, 0.3) is 55.3 Å². The van der Waals surface area contributed by atoms with Gasteiger partial charge in [-0.3, -0.25) is 0 Å². The molecule has 0 bridgehead atoms. The van der Waals surface area contributed by atoms with Crippen molar-refractivity contribution in [1.82, 2.24) is 0 Å². The van der Waals surface area contributed by atoms with Gasteiger partial charge in [0.25, 0.3) is 0 Å². The number of benzene rings is 5. The molecule has 0 aliphatic rings. The van der Waals surface area contributed by atoms with Crippen LogP contribution in [-0.2, 0) is 0 Å². The SMILES string of the molecule is Clc1cccc(-c2c(-c3ccccc3)c(-c3ccccc3)cc3c2oc2ccccc23)c1. The average molecular weight is 431 g/mol. The molecule has 0 amide bonds. The zero-order valence-corrected chi connectivity index (χ0v) is 18.0. The van der Waals surface area contributed by atoms with E-state index in [4.69, 9.17) is 16.0 Å². The largest absolute Gasteiger partial charge is 0.455 e. The second-order valence-corrected chi connectivity index (χ2v) is 8.33. The average Bonchev–Trinajstić information content (AvgIpc) is 3.22. The first kappa shape index (κ1) is 18.9. The fraction of sp³-hybridized carbons (Fsp3) is 0. The van der Waals surface area contributed by atoms with Crippen LogP contribution in [0.2, 0.25) is 5.02 Å². The van der Waals surface area contributed by atoms with E-state index in [9.17, 15) is 0 Å². The van der Waals surface area contributed by atoms with E-state index >= 15 is 0 Å². The van der Waals surface area contributed by atoms with Crippen LogP contribution in [0, 0.1) is 0 Å². The van der Waals surface area contributed by atoms with Crippen molar-refractivity contribution >= 4 is 33.5 Å². The topological polar surface area (TPSA) is 13.1 Å². The smallest absolute Gasteiger partial charge is 0.143 e. The van der Waals surface area contributed by atoms with Crippen LogP contribution >= 0.6 is 11.6 Å². The van der Waals surface area contributed by atoms with Gasteiger partial charge in [-0.05, 0) is 46.5 Å². The van der Waals surface area contributed by atoms with Gasteiger partial charge in [0.2, 0.25) is 0 Å². The number of hydrogen-bond donors (Lipinski definition) is 0. The van der Waals surface area contributed by atoms with E-state index in [1.807, 2.05) is 36.4 Å². The van der Waals surface area contributed by atoms with Crippen LogP contribution in [0.15, 0.2) is 120 Å². The molecular formula is C30H19ClO. The van der Waals surface area contributed by atoms with Gasteiger partial charge in [-0.15, -0.1) is 0 Å². The van der Waals surface area contributed by atoms with Gasteiger partial charge in [-0.1, -0.05) is 103 Å². The van der Waals surface area contributed by atoms with Gasteiger partial charge >= 0.3 is 0 Å². The molecular weight excluding hydrogens is 412 g/mol. The predicted molar refractivity (Wildman–Crippen MR) is 135 cm³/mol. The molecule has 152 valence electrons. The Labute approximate surface area is 191 Å². The van der Waals surface area contributed by atoms with Crippen LogP contribution in [0.4, 0.5) is 0 Å². The maximum Gasteiger partial charge on any atom is 0.143 e. The normalized spacial score (nSPS) is 11.3. The van der Waals surface area contributed by atoms with Crippen molar-refractivity contribution in [2.75, 3.05) is 0 Å². The lowest BCUT2D eigenvalue weighted by Crippen LogP contribution is -1.92. The van der Waals surface area contributed by atoms with Crippen molar-refractivity contribution in [2.24, 2.45) is 0 Å². The second kappa shape index (κ2) is 7.71. The summed E-state index contributed by atoms with van der Waals surface area (Å²) in [6.07, 6.45) is 0. The zero-order chi connectivity index (χ0) is 21.5.